The Kier molecular flexibility index (Phi) is 5.63. The second-order valence-corrected chi connectivity index (χ2v) is 6.53. The van der Waals surface area contributed by atoms with Gasteiger partial charge in [0.15, 0.2) is 5.78 Å². The van der Waals surface area contributed by atoms with Gasteiger partial charge in [-0.1, -0.05) is 43.5 Å². The number of esters is 1. The second-order valence-electron chi connectivity index (χ2n) is 6.09. The van der Waals surface area contributed by atoms with Crippen LogP contribution in [0.4, 0.5) is 0 Å². The molecule has 0 radical (unpaired) electrons. The molecule has 120 valence electrons. The van der Waals surface area contributed by atoms with Crippen LogP contribution in [0.3, 0.4) is 0 Å². The summed E-state index contributed by atoms with van der Waals surface area (Å²) in [5.74, 6) is -0.393. The molecule has 2 atom stereocenters. The average molecular weight is 323 g/mol. The van der Waals surface area contributed by atoms with E-state index in [-0.39, 0.29) is 11.7 Å². The smallest absolute Gasteiger partial charge is 0.319 e. The van der Waals surface area contributed by atoms with Crippen molar-refractivity contribution in [3.8, 4) is 0 Å². The highest BCUT2D eigenvalue weighted by molar-refractivity contribution is 6.30. The number of hydrogen-bond donors (Lipinski definition) is 0. The largest absolute Gasteiger partial charge is 0.468 e. The number of halogens is 1. The fourth-order valence-electron chi connectivity index (χ4n) is 3.45. The van der Waals surface area contributed by atoms with Gasteiger partial charge >= 0.3 is 5.97 Å². The Hall–Kier alpha value is -1.35. The van der Waals surface area contributed by atoms with Crippen molar-refractivity contribution in [3.63, 3.8) is 0 Å². The fourth-order valence-corrected chi connectivity index (χ4v) is 3.57. The lowest BCUT2D eigenvalue weighted by atomic mass is 9.71. The summed E-state index contributed by atoms with van der Waals surface area (Å²) in [6, 6.07) is 7.35. The summed E-state index contributed by atoms with van der Waals surface area (Å²) in [5.41, 5.74) is -0.0976. The van der Waals surface area contributed by atoms with Crippen molar-refractivity contribution < 1.29 is 14.3 Å². The van der Waals surface area contributed by atoms with E-state index in [0.29, 0.717) is 17.9 Å². The van der Waals surface area contributed by atoms with Crippen molar-refractivity contribution in [1.29, 1.82) is 0 Å². The van der Waals surface area contributed by atoms with E-state index in [2.05, 4.69) is 0 Å². The summed E-state index contributed by atoms with van der Waals surface area (Å²) < 4.78 is 5.02. The average Bonchev–Trinajstić information content (AvgIpc) is 2.69. The second kappa shape index (κ2) is 7.28. The number of benzene rings is 1. The van der Waals surface area contributed by atoms with E-state index in [0.717, 1.165) is 31.2 Å². The predicted octanol–water partition coefficient (Wildman–Crippen LogP) is 4.21. The Balaban J connectivity index is 2.39. The van der Waals surface area contributed by atoms with Gasteiger partial charge in [0, 0.05) is 10.9 Å². The Morgan fingerprint density at radius 2 is 2.00 bits per heavy atom. The van der Waals surface area contributed by atoms with E-state index in [1.165, 1.54) is 7.11 Å². The zero-order valence-corrected chi connectivity index (χ0v) is 14.0. The molecule has 1 aliphatic rings. The first-order valence-corrected chi connectivity index (χ1v) is 8.28. The van der Waals surface area contributed by atoms with Crippen LogP contribution in [0.15, 0.2) is 24.3 Å². The van der Waals surface area contributed by atoms with Crippen molar-refractivity contribution in [3.05, 3.63) is 34.9 Å². The lowest BCUT2D eigenvalue weighted by Gasteiger charge is -2.30. The molecule has 0 aromatic heterocycles. The molecule has 0 aliphatic heterocycles. The summed E-state index contributed by atoms with van der Waals surface area (Å²) in [4.78, 5) is 25.6. The third-order valence-electron chi connectivity index (χ3n) is 4.74. The molecule has 1 fully saturated rings. The number of methoxy groups -OCH3 is 1. The Morgan fingerprint density at radius 3 is 2.59 bits per heavy atom. The number of ether oxygens (including phenoxy) is 1. The maximum atomic E-state index is 13.0. The molecule has 2 unspecified atom stereocenters. The van der Waals surface area contributed by atoms with Gasteiger partial charge < -0.3 is 4.74 Å². The molecule has 4 heteroatoms. The molecule has 1 saturated carbocycles. The molecule has 0 saturated heterocycles. The first kappa shape index (κ1) is 17.0. The van der Waals surface area contributed by atoms with Crippen molar-refractivity contribution in [2.45, 2.75) is 45.4 Å². The van der Waals surface area contributed by atoms with Gasteiger partial charge in [0.1, 0.15) is 5.41 Å². The van der Waals surface area contributed by atoms with Gasteiger partial charge in [0.2, 0.25) is 0 Å². The van der Waals surface area contributed by atoms with Gasteiger partial charge in [-0.3, -0.25) is 9.59 Å². The molecule has 1 aromatic rings. The minimum Gasteiger partial charge on any atom is -0.468 e. The number of rotatable bonds is 4. The normalized spacial score (nSPS) is 25.6. The van der Waals surface area contributed by atoms with E-state index in [4.69, 9.17) is 16.3 Å². The molecule has 1 aromatic carbocycles. The zero-order chi connectivity index (χ0) is 16.2. The van der Waals surface area contributed by atoms with Gasteiger partial charge in [-0.25, -0.2) is 0 Å². The van der Waals surface area contributed by atoms with E-state index in [1.807, 2.05) is 19.1 Å². The Morgan fingerprint density at radius 1 is 1.32 bits per heavy atom. The maximum absolute atomic E-state index is 13.0. The quantitative estimate of drug-likeness (QED) is 0.474. The molecule has 22 heavy (non-hydrogen) atoms. The number of Topliss-reactive ketones (excluding diaryl/α,β-unsaturated/α-hetero) is 1. The first-order valence-electron chi connectivity index (χ1n) is 7.90. The molecule has 0 N–H and O–H groups in total. The van der Waals surface area contributed by atoms with Crippen LogP contribution < -0.4 is 0 Å². The predicted molar refractivity (Wildman–Crippen MR) is 86.9 cm³/mol. The third kappa shape index (κ3) is 3.35. The van der Waals surface area contributed by atoms with Crippen molar-refractivity contribution >= 4 is 23.4 Å². The van der Waals surface area contributed by atoms with Crippen LogP contribution in [0.2, 0.25) is 5.02 Å². The lowest BCUT2D eigenvalue weighted by Crippen LogP contribution is -2.44. The molecule has 2 rings (SSSR count). The van der Waals surface area contributed by atoms with E-state index in [9.17, 15) is 9.59 Å². The number of hydrogen-bond acceptors (Lipinski definition) is 3. The molecular formula is C18H23ClO3. The maximum Gasteiger partial charge on any atom is 0.319 e. The van der Waals surface area contributed by atoms with Gasteiger partial charge in [-0.05, 0) is 43.4 Å². The van der Waals surface area contributed by atoms with Crippen molar-refractivity contribution in [2.75, 3.05) is 7.11 Å². The zero-order valence-electron chi connectivity index (χ0n) is 13.2. The van der Waals surface area contributed by atoms with Crippen LogP contribution in [-0.4, -0.2) is 18.9 Å². The van der Waals surface area contributed by atoms with Gasteiger partial charge in [-0.2, -0.15) is 0 Å². The minimum absolute atomic E-state index is 0.0473. The molecule has 1 aliphatic carbocycles. The molecule has 0 heterocycles. The van der Waals surface area contributed by atoms with E-state index in [1.54, 1.807) is 12.1 Å². The molecule has 3 nitrogen and oxygen atoms in total. The Labute approximate surface area is 137 Å². The summed E-state index contributed by atoms with van der Waals surface area (Å²) in [6.45, 7) is 2.01. The fraction of sp³-hybridized carbons (Fsp3) is 0.556. The topological polar surface area (TPSA) is 43.4 Å². The molecule has 0 bridgehead atoms. The van der Waals surface area contributed by atoms with Crippen molar-refractivity contribution in [1.82, 2.24) is 0 Å². The minimum atomic E-state index is -1.04. The monoisotopic (exact) mass is 322 g/mol. The summed E-state index contributed by atoms with van der Waals surface area (Å²) in [7, 11) is 1.37. The highest BCUT2D eigenvalue weighted by atomic mass is 35.5. The summed E-state index contributed by atoms with van der Waals surface area (Å²) >= 11 is 5.92. The summed E-state index contributed by atoms with van der Waals surface area (Å²) in [5, 5.41) is 0.648. The highest BCUT2D eigenvalue weighted by Gasteiger charge is 2.49. The van der Waals surface area contributed by atoms with E-state index >= 15 is 0 Å². The van der Waals surface area contributed by atoms with Crippen LogP contribution >= 0.6 is 11.6 Å². The van der Waals surface area contributed by atoms with Gasteiger partial charge in [0.25, 0.3) is 0 Å². The van der Waals surface area contributed by atoms with Crippen LogP contribution in [0, 0.1) is 11.3 Å². The van der Waals surface area contributed by atoms with Crippen molar-refractivity contribution in [2.24, 2.45) is 11.3 Å². The van der Waals surface area contributed by atoms with Crippen LogP contribution in [0.1, 0.15) is 44.6 Å². The molecule has 0 amide bonds. The summed E-state index contributed by atoms with van der Waals surface area (Å²) in [6.07, 6.45) is 4.48. The standard InChI is InChI=1S/C18H23ClO3/c1-3-14-6-4-5-11-18(16(14)20,17(21)22-2)12-13-7-9-15(19)10-8-13/h7-10,14H,3-6,11-12H2,1-2H3. The van der Waals surface area contributed by atoms with Crippen LogP contribution in [-0.2, 0) is 20.7 Å². The van der Waals surface area contributed by atoms with E-state index < -0.39 is 11.4 Å². The SMILES string of the molecule is CCC1CCCCC(Cc2ccc(Cl)cc2)(C(=O)OC)C1=O. The van der Waals surface area contributed by atoms with Crippen LogP contribution in [0.25, 0.3) is 0 Å². The Bertz CT molecular complexity index is 538. The molecular weight excluding hydrogens is 300 g/mol. The first-order chi connectivity index (χ1) is 10.5. The van der Waals surface area contributed by atoms with Crippen LogP contribution in [0.5, 0.6) is 0 Å². The molecule has 0 spiro atoms. The van der Waals surface area contributed by atoms with Gasteiger partial charge in [0.05, 0.1) is 7.11 Å². The highest BCUT2D eigenvalue weighted by Crippen LogP contribution is 2.40. The number of carbonyl (C=O) groups is 2. The number of ketones is 1. The van der Waals surface area contributed by atoms with Gasteiger partial charge in [-0.15, -0.1) is 0 Å². The third-order valence-corrected chi connectivity index (χ3v) is 4.99. The number of carbonyl (C=O) groups excluding carboxylic acids is 2. The lowest BCUT2D eigenvalue weighted by molar-refractivity contribution is -0.159.